The first kappa shape index (κ1) is 16.9. The molecule has 6 heteroatoms. The summed E-state index contributed by atoms with van der Waals surface area (Å²) in [6.45, 7) is 3.66. The number of ether oxygens (including phenoxy) is 1. The van der Waals surface area contributed by atoms with Gasteiger partial charge in [-0.3, -0.25) is 9.59 Å². The predicted octanol–water partition coefficient (Wildman–Crippen LogP) is 0.501. The third-order valence-electron chi connectivity index (χ3n) is 4.68. The van der Waals surface area contributed by atoms with E-state index in [4.69, 9.17) is 4.74 Å². The van der Waals surface area contributed by atoms with Gasteiger partial charge in [-0.25, -0.2) is 0 Å². The zero-order valence-corrected chi connectivity index (χ0v) is 14.0. The van der Waals surface area contributed by atoms with E-state index in [1.807, 2.05) is 18.2 Å². The lowest BCUT2D eigenvalue weighted by molar-refractivity contribution is -0.130. The highest BCUT2D eigenvalue weighted by Crippen LogP contribution is 2.16. The molecular weight excluding hydrogens is 306 g/mol. The van der Waals surface area contributed by atoms with E-state index < -0.39 is 6.04 Å². The summed E-state index contributed by atoms with van der Waals surface area (Å²) >= 11 is 0. The standard InChI is InChI=1S/C18H25N3O3/c1-12(17(22)20-11-15-7-4-8-24-15)21-18(23)16-9-13-5-2-3-6-14(13)10-19-16/h2-3,5-6,12,15-16,19H,4,7-11H2,1H3,(H,20,22)(H,21,23)/t12-,15?,16+/m1/s1. The van der Waals surface area contributed by atoms with Gasteiger partial charge < -0.3 is 20.7 Å². The van der Waals surface area contributed by atoms with E-state index in [-0.39, 0.29) is 24.0 Å². The first-order valence-electron chi connectivity index (χ1n) is 8.63. The molecule has 2 heterocycles. The van der Waals surface area contributed by atoms with E-state index in [0.29, 0.717) is 19.5 Å². The Balaban J connectivity index is 1.46. The molecule has 6 nitrogen and oxygen atoms in total. The van der Waals surface area contributed by atoms with Gasteiger partial charge in [0.15, 0.2) is 0 Å². The fourth-order valence-corrected chi connectivity index (χ4v) is 3.19. The van der Waals surface area contributed by atoms with Crippen LogP contribution < -0.4 is 16.0 Å². The molecule has 0 saturated carbocycles. The van der Waals surface area contributed by atoms with Gasteiger partial charge in [0, 0.05) is 19.7 Å². The van der Waals surface area contributed by atoms with E-state index in [1.165, 1.54) is 11.1 Å². The van der Waals surface area contributed by atoms with Gasteiger partial charge in [-0.15, -0.1) is 0 Å². The summed E-state index contributed by atoms with van der Waals surface area (Å²) in [6.07, 6.45) is 2.77. The molecule has 1 saturated heterocycles. The molecule has 1 aromatic carbocycles. The summed E-state index contributed by atoms with van der Waals surface area (Å²) in [5.74, 6) is -0.306. The number of carbonyl (C=O) groups excluding carboxylic acids is 2. The van der Waals surface area contributed by atoms with Crippen LogP contribution in [0, 0.1) is 0 Å². The lowest BCUT2D eigenvalue weighted by atomic mass is 9.95. The topological polar surface area (TPSA) is 79.5 Å². The van der Waals surface area contributed by atoms with Crippen molar-refractivity contribution in [2.75, 3.05) is 13.2 Å². The van der Waals surface area contributed by atoms with Crippen molar-refractivity contribution in [3.63, 3.8) is 0 Å². The Hall–Kier alpha value is -1.92. The van der Waals surface area contributed by atoms with Crippen molar-refractivity contribution >= 4 is 11.8 Å². The molecule has 24 heavy (non-hydrogen) atoms. The Morgan fingerprint density at radius 1 is 1.33 bits per heavy atom. The van der Waals surface area contributed by atoms with Gasteiger partial charge in [0.2, 0.25) is 11.8 Å². The number of nitrogens with one attached hydrogen (secondary N) is 3. The molecule has 3 atom stereocenters. The molecule has 3 rings (SSSR count). The SMILES string of the molecule is C[C@@H](NC(=O)[C@@H]1Cc2ccccc2CN1)C(=O)NCC1CCCO1. The highest BCUT2D eigenvalue weighted by atomic mass is 16.5. The van der Waals surface area contributed by atoms with E-state index in [0.717, 1.165) is 19.4 Å². The van der Waals surface area contributed by atoms with Crippen LogP contribution in [0.5, 0.6) is 0 Å². The minimum Gasteiger partial charge on any atom is -0.376 e. The van der Waals surface area contributed by atoms with Crippen LogP contribution in [0.25, 0.3) is 0 Å². The van der Waals surface area contributed by atoms with Gasteiger partial charge in [-0.05, 0) is 37.3 Å². The van der Waals surface area contributed by atoms with Crippen LogP contribution in [-0.4, -0.2) is 43.2 Å². The van der Waals surface area contributed by atoms with Crippen LogP contribution in [0.3, 0.4) is 0 Å². The van der Waals surface area contributed by atoms with Crippen molar-refractivity contribution in [1.82, 2.24) is 16.0 Å². The molecule has 1 fully saturated rings. The van der Waals surface area contributed by atoms with Gasteiger partial charge in [0.25, 0.3) is 0 Å². The lowest BCUT2D eigenvalue weighted by Crippen LogP contribution is -2.53. The maximum atomic E-state index is 12.4. The van der Waals surface area contributed by atoms with Gasteiger partial charge in [-0.1, -0.05) is 24.3 Å². The monoisotopic (exact) mass is 331 g/mol. The maximum absolute atomic E-state index is 12.4. The molecule has 0 aromatic heterocycles. The van der Waals surface area contributed by atoms with Crippen LogP contribution in [-0.2, 0) is 27.3 Å². The Morgan fingerprint density at radius 2 is 2.12 bits per heavy atom. The van der Waals surface area contributed by atoms with Crippen molar-refractivity contribution in [2.24, 2.45) is 0 Å². The van der Waals surface area contributed by atoms with Gasteiger partial charge >= 0.3 is 0 Å². The van der Waals surface area contributed by atoms with Crippen LogP contribution in [0.15, 0.2) is 24.3 Å². The second-order valence-electron chi connectivity index (χ2n) is 6.52. The van der Waals surface area contributed by atoms with Crippen molar-refractivity contribution < 1.29 is 14.3 Å². The summed E-state index contributed by atoms with van der Waals surface area (Å²) in [4.78, 5) is 24.5. The average molecular weight is 331 g/mol. The molecule has 2 aliphatic heterocycles. The summed E-state index contributed by atoms with van der Waals surface area (Å²) in [6, 6.07) is 7.25. The zero-order valence-electron chi connectivity index (χ0n) is 14.0. The van der Waals surface area contributed by atoms with Crippen LogP contribution in [0.1, 0.15) is 30.9 Å². The van der Waals surface area contributed by atoms with E-state index in [2.05, 4.69) is 22.0 Å². The third-order valence-corrected chi connectivity index (χ3v) is 4.68. The molecule has 1 aromatic rings. The number of hydrogen-bond donors (Lipinski definition) is 3. The number of carbonyl (C=O) groups is 2. The Labute approximate surface area is 142 Å². The molecule has 0 radical (unpaired) electrons. The summed E-state index contributed by atoms with van der Waals surface area (Å²) in [7, 11) is 0. The summed E-state index contributed by atoms with van der Waals surface area (Å²) in [5.41, 5.74) is 2.41. The second kappa shape index (κ2) is 7.77. The van der Waals surface area contributed by atoms with Crippen LogP contribution in [0.2, 0.25) is 0 Å². The predicted molar refractivity (Wildman–Crippen MR) is 90.4 cm³/mol. The third kappa shape index (κ3) is 4.13. The quantitative estimate of drug-likeness (QED) is 0.734. The number of amides is 2. The molecule has 3 N–H and O–H groups in total. The minimum absolute atomic E-state index is 0.105. The molecule has 1 unspecified atom stereocenters. The molecule has 130 valence electrons. The van der Waals surface area contributed by atoms with Crippen molar-refractivity contribution in [3.8, 4) is 0 Å². The number of hydrogen-bond acceptors (Lipinski definition) is 4. The second-order valence-corrected chi connectivity index (χ2v) is 6.52. The largest absolute Gasteiger partial charge is 0.376 e. The highest BCUT2D eigenvalue weighted by molar-refractivity contribution is 5.89. The van der Waals surface area contributed by atoms with Gasteiger partial charge in [0.1, 0.15) is 6.04 Å². The average Bonchev–Trinajstić information content (AvgIpc) is 3.12. The highest BCUT2D eigenvalue weighted by Gasteiger charge is 2.26. The van der Waals surface area contributed by atoms with Crippen molar-refractivity contribution in [1.29, 1.82) is 0 Å². The van der Waals surface area contributed by atoms with E-state index in [9.17, 15) is 9.59 Å². The normalized spacial score (nSPS) is 24.0. The Morgan fingerprint density at radius 3 is 2.88 bits per heavy atom. The number of rotatable bonds is 5. The molecule has 2 amide bonds. The fraction of sp³-hybridized carbons (Fsp3) is 0.556. The molecule has 0 aliphatic carbocycles. The first-order valence-corrected chi connectivity index (χ1v) is 8.63. The minimum atomic E-state index is -0.558. The summed E-state index contributed by atoms with van der Waals surface area (Å²) in [5, 5.41) is 8.88. The molecule has 0 bridgehead atoms. The molecular formula is C18H25N3O3. The van der Waals surface area contributed by atoms with E-state index in [1.54, 1.807) is 6.92 Å². The lowest BCUT2D eigenvalue weighted by Gasteiger charge is -2.26. The molecule has 2 aliphatic rings. The zero-order chi connectivity index (χ0) is 16.9. The van der Waals surface area contributed by atoms with Gasteiger partial charge in [-0.2, -0.15) is 0 Å². The number of benzene rings is 1. The smallest absolute Gasteiger partial charge is 0.242 e. The Kier molecular flexibility index (Phi) is 5.48. The molecule has 0 spiro atoms. The van der Waals surface area contributed by atoms with Gasteiger partial charge in [0.05, 0.1) is 12.1 Å². The van der Waals surface area contributed by atoms with E-state index >= 15 is 0 Å². The van der Waals surface area contributed by atoms with Crippen molar-refractivity contribution in [2.45, 2.75) is 50.9 Å². The number of fused-ring (bicyclic) bond motifs is 1. The summed E-state index contributed by atoms with van der Waals surface area (Å²) < 4.78 is 5.48. The van der Waals surface area contributed by atoms with Crippen LogP contribution in [0.4, 0.5) is 0 Å². The maximum Gasteiger partial charge on any atom is 0.242 e. The fourth-order valence-electron chi connectivity index (χ4n) is 3.19. The Bertz CT molecular complexity index is 599. The first-order chi connectivity index (χ1) is 11.6. The van der Waals surface area contributed by atoms with Crippen LogP contribution >= 0.6 is 0 Å². The van der Waals surface area contributed by atoms with Crippen molar-refractivity contribution in [3.05, 3.63) is 35.4 Å².